The van der Waals surface area contributed by atoms with Crippen LogP contribution in [0.1, 0.15) is 10.4 Å². The average Bonchev–Trinajstić information content (AvgIpc) is 3.10. The summed E-state index contributed by atoms with van der Waals surface area (Å²) in [6, 6.07) is 12.2. The first-order valence-electron chi connectivity index (χ1n) is 7.49. The molecule has 7 heteroatoms. The molecular weight excluding hydrogens is 437 g/mol. The summed E-state index contributed by atoms with van der Waals surface area (Å²) in [5.74, 6) is 1.64. The summed E-state index contributed by atoms with van der Waals surface area (Å²) in [5.41, 5.74) is 1.17. The van der Waals surface area contributed by atoms with Crippen molar-refractivity contribution in [3.63, 3.8) is 0 Å². The van der Waals surface area contributed by atoms with E-state index in [1.807, 2.05) is 30.3 Å². The summed E-state index contributed by atoms with van der Waals surface area (Å²) in [6.45, 7) is 2.65. The van der Waals surface area contributed by atoms with Crippen LogP contribution in [0.3, 0.4) is 0 Å². The zero-order valence-electron chi connectivity index (χ0n) is 14.0. The summed E-state index contributed by atoms with van der Waals surface area (Å²) in [4.78, 5) is 5.51. The van der Waals surface area contributed by atoms with E-state index in [0.29, 0.717) is 19.8 Å². The van der Waals surface area contributed by atoms with Crippen molar-refractivity contribution in [2.24, 2.45) is 4.99 Å². The summed E-state index contributed by atoms with van der Waals surface area (Å²) in [6.07, 6.45) is 0. The lowest BCUT2D eigenvalue weighted by Gasteiger charge is -2.12. The van der Waals surface area contributed by atoms with Crippen LogP contribution in [0.15, 0.2) is 46.8 Å². The van der Waals surface area contributed by atoms with Gasteiger partial charge in [0.1, 0.15) is 12.4 Å². The van der Waals surface area contributed by atoms with Gasteiger partial charge in [-0.3, -0.25) is 4.99 Å². The molecule has 0 fully saturated rings. The summed E-state index contributed by atoms with van der Waals surface area (Å²) < 4.78 is 10.5. The van der Waals surface area contributed by atoms with E-state index in [0.717, 1.165) is 18.3 Å². The number of benzene rings is 1. The Kier molecular flexibility index (Phi) is 10.4. The first-order valence-corrected chi connectivity index (χ1v) is 8.37. The van der Waals surface area contributed by atoms with Gasteiger partial charge < -0.3 is 20.1 Å². The molecule has 0 saturated heterocycles. The normalized spacial score (nSPS) is 10.8. The van der Waals surface area contributed by atoms with Crippen LogP contribution in [-0.4, -0.2) is 33.3 Å². The first kappa shape index (κ1) is 20.7. The predicted molar refractivity (Wildman–Crippen MR) is 111 cm³/mol. The number of hydrogen-bond donors (Lipinski definition) is 2. The SMILES string of the molecule is CN=C(NCc1ccc(OCCOC)cc1)NCc1cccs1.I. The lowest BCUT2D eigenvalue weighted by molar-refractivity contribution is 0.146. The molecule has 132 valence electrons. The molecule has 1 heterocycles. The maximum Gasteiger partial charge on any atom is 0.191 e. The van der Waals surface area contributed by atoms with Crippen LogP contribution in [0.2, 0.25) is 0 Å². The second kappa shape index (κ2) is 12.1. The van der Waals surface area contributed by atoms with Crippen molar-refractivity contribution in [3.05, 3.63) is 52.2 Å². The third-order valence-corrected chi connectivity index (χ3v) is 4.05. The van der Waals surface area contributed by atoms with Gasteiger partial charge in [0.25, 0.3) is 0 Å². The lowest BCUT2D eigenvalue weighted by Crippen LogP contribution is -2.36. The highest BCUT2D eigenvalue weighted by atomic mass is 127. The zero-order chi connectivity index (χ0) is 16.3. The Morgan fingerprint density at radius 3 is 2.46 bits per heavy atom. The van der Waals surface area contributed by atoms with Crippen molar-refractivity contribution < 1.29 is 9.47 Å². The molecule has 1 aromatic carbocycles. The molecule has 0 radical (unpaired) electrons. The van der Waals surface area contributed by atoms with Crippen LogP contribution in [0.4, 0.5) is 0 Å². The van der Waals surface area contributed by atoms with Crippen molar-refractivity contribution >= 4 is 41.3 Å². The van der Waals surface area contributed by atoms with Crippen LogP contribution in [0, 0.1) is 0 Å². The molecule has 1 aromatic heterocycles. The molecule has 0 spiro atoms. The topological polar surface area (TPSA) is 54.9 Å². The fourth-order valence-corrected chi connectivity index (χ4v) is 2.58. The van der Waals surface area contributed by atoms with Crippen LogP contribution in [0.25, 0.3) is 0 Å². The van der Waals surface area contributed by atoms with Gasteiger partial charge in [-0.15, -0.1) is 35.3 Å². The molecule has 2 rings (SSSR count). The molecule has 0 atom stereocenters. The highest BCUT2D eigenvalue weighted by molar-refractivity contribution is 14.0. The Bertz CT molecular complexity index is 588. The van der Waals surface area contributed by atoms with Gasteiger partial charge in [0.15, 0.2) is 5.96 Å². The smallest absolute Gasteiger partial charge is 0.191 e. The third kappa shape index (κ3) is 7.50. The molecule has 2 N–H and O–H groups in total. The number of nitrogens with zero attached hydrogens (tertiary/aromatic N) is 1. The van der Waals surface area contributed by atoms with E-state index < -0.39 is 0 Å². The Hall–Kier alpha value is -1.32. The fraction of sp³-hybridized carbons (Fsp3) is 0.353. The summed E-state index contributed by atoms with van der Waals surface area (Å²) in [7, 11) is 3.44. The number of aliphatic imine (C=N–C) groups is 1. The maximum absolute atomic E-state index is 5.55. The van der Waals surface area contributed by atoms with E-state index in [2.05, 4.69) is 27.1 Å². The second-order valence-corrected chi connectivity index (χ2v) is 5.88. The van der Waals surface area contributed by atoms with Gasteiger partial charge in [-0.2, -0.15) is 0 Å². The minimum atomic E-state index is 0. The zero-order valence-corrected chi connectivity index (χ0v) is 17.1. The lowest BCUT2D eigenvalue weighted by atomic mass is 10.2. The molecule has 0 saturated carbocycles. The quantitative estimate of drug-likeness (QED) is 0.274. The molecule has 0 aliphatic rings. The largest absolute Gasteiger partial charge is 0.491 e. The molecule has 0 bridgehead atoms. The number of rotatable bonds is 8. The van der Waals surface area contributed by atoms with Crippen LogP contribution >= 0.6 is 35.3 Å². The molecule has 0 aliphatic carbocycles. The third-order valence-electron chi connectivity index (χ3n) is 3.17. The van der Waals surface area contributed by atoms with Crippen molar-refractivity contribution in [2.45, 2.75) is 13.1 Å². The fourth-order valence-electron chi connectivity index (χ4n) is 1.94. The van der Waals surface area contributed by atoms with Crippen molar-refractivity contribution in [3.8, 4) is 5.75 Å². The van der Waals surface area contributed by atoms with Gasteiger partial charge >= 0.3 is 0 Å². The molecule has 24 heavy (non-hydrogen) atoms. The summed E-state index contributed by atoms with van der Waals surface area (Å²) >= 11 is 1.73. The number of thiophene rings is 1. The highest BCUT2D eigenvalue weighted by Gasteiger charge is 2.00. The standard InChI is InChI=1S/C17H23N3O2S.HI/c1-18-17(20-13-16-4-3-11-23-16)19-12-14-5-7-15(8-6-14)22-10-9-21-2;/h3-8,11H,9-10,12-13H2,1-2H3,(H2,18,19,20);1H. The monoisotopic (exact) mass is 461 g/mol. The Balaban J connectivity index is 0.00000288. The second-order valence-electron chi connectivity index (χ2n) is 4.84. The summed E-state index contributed by atoms with van der Waals surface area (Å²) in [5, 5.41) is 8.67. The predicted octanol–water partition coefficient (Wildman–Crippen LogP) is 3.26. The number of ether oxygens (including phenoxy) is 2. The number of guanidine groups is 1. The van der Waals surface area contributed by atoms with E-state index in [1.54, 1.807) is 25.5 Å². The van der Waals surface area contributed by atoms with Gasteiger partial charge in [0, 0.05) is 25.6 Å². The molecule has 0 amide bonds. The van der Waals surface area contributed by atoms with Crippen molar-refractivity contribution in [2.75, 3.05) is 27.4 Å². The van der Waals surface area contributed by atoms with Gasteiger partial charge in [0.05, 0.1) is 13.2 Å². The van der Waals surface area contributed by atoms with Crippen molar-refractivity contribution in [1.82, 2.24) is 10.6 Å². The van der Waals surface area contributed by atoms with E-state index in [1.165, 1.54) is 10.4 Å². The number of methoxy groups -OCH3 is 1. The molecule has 5 nitrogen and oxygen atoms in total. The molecule has 0 aliphatic heterocycles. The van der Waals surface area contributed by atoms with Gasteiger partial charge in [-0.05, 0) is 29.1 Å². The van der Waals surface area contributed by atoms with Crippen LogP contribution in [-0.2, 0) is 17.8 Å². The average molecular weight is 461 g/mol. The Morgan fingerprint density at radius 2 is 1.83 bits per heavy atom. The number of hydrogen-bond acceptors (Lipinski definition) is 4. The Labute approximate surface area is 164 Å². The van der Waals surface area contributed by atoms with Crippen LogP contribution < -0.4 is 15.4 Å². The molecular formula is C17H24IN3O2S. The van der Waals surface area contributed by atoms with E-state index in [4.69, 9.17) is 9.47 Å². The minimum absolute atomic E-state index is 0. The first-order chi connectivity index (χ1) is 11.3. The van der Waals surface area contributed by atoms with E-state index >= 15 is 0 Å². The van der Waals surface area contributed by atoms with Gasteiger partial charge in [0.2, 0.25) is 0 Å². The minimum Gasteiger partial charge on any atom is -0.491 e. The highest BCUT2D eigenvalue weighted by Crippen LogP contribution is 2.12. The number of nitrogens with one attached hydrogen (secondary N) is 2. The number of halogens is 1. The van der Waals surface area contributed by atoms with Crippen molar-refractivity contribution in [1.29, 1.82) is 0 Å². The Morgan fingerprint density at radius 1 is 1.08 bits per heavy atom. The molecule has 2 aromatic rings. The van der Waals surface area contributed by atoms with Crippen LogP contribution in [0.5, 0.6) is 5.75 Å². The molecule has 0 unspecified atom stereocenters. The van der Waals surface area contributed by atoms with Gasteiger partial charge in [-0.1, -0.05) is 18.2 Å². The van der Waals surface area contributed by atoms with Gasteiger partial charge in [-0.25, -0.2) is 0 Å². The van der Waals surface area contributed by atoms with E-state index in [-0.39, 0.29) is 24.0 Å². The van der Waals surface area contributed by atoms with E-state index in [9.17, 15) is 0 Å². The maximum atomic E-state index is 5.55.